The normalized spacial score (nSPS) is 44.6. The molecule has 2 fully saturated rings. The molecule has 4 atom stereocenters. The Hall–Kier alpha value is -0.720. The summed E-state index contributed by atoms with van der Waals surface area (Å²) < 4.78 is 6.01. The molecule has 0 aliphatic heterocycles. The molecule has 0 N–H and O–H groups in total. The van der Waals surface area contributed by atoms with E-state index < -0.39 is 0 Å². The molecule has 4 rings (SSSR count). The van der Waals surface area contributed by atoms with Gasteiger partial charge in [0.2, 0.25) is 0 Å². The fourth-order valence-electron chi connectivity index (χ4n) is 6.90. The van der Waals surface area contributed by atoms with Gasteiger partial charge in [-0.25, -0.2) is 0 Å². The van der Waals surface area contributed by atoms with Gasteiger partial charge in [-0.2, -0.15) is 0 Å². The molecule has 3 aliphatic carbocycles. The summed E-state index contributed by atoms with van der Waals surface area (Å²) in [6.45, 7) is 10.2. The molecule has 0 saturated heterocycles. The van der Waals surface area contributed by atoms with Crippen LogP contribution in [-0.4, -0.2) is 0 Å². The minimum atomic E-state index is 0.287. The maximum absolute atomic E-state index is 6.01. The number of hydrogen-bond donors (Lipinski definition) is 0. The monoisotopic (exact) mass is 286 g/mol. The standard InChI is InChI=1S/C20H30O/c1-18(2)10-5-11-19(3)15(18)8-12-20(4)16(19)7-6-14-9-13-21-17(14)20/h9,13,15-16H,5-8,10-12H2,1-4H3/t15-,16+,19-,20+/m0/s1. The summed E-state index contributed by atoms with van der Waals surface area (Å²) in [6.07, 6.45) is 11.5. The molecule has 21 heavy (non-hydrogen) atoms. The van der Waals surface area contributed by atoms with E-state index in [4.69, 9.17) is 4.42 Å². The second-order valence-corrected chi connectivity index (χ2v) is 9.22. The topological polar surface area (TPSA) is 13.1 Å². The molecule has 3 aliphatic rings. The number of rotatable bonds is 0. The van der Waals surface area contributed by atoms with Crippen LogP contribution in [0.2, 0.25) is 0 Å². The van der Waals surface area contributed by atoms with Crippen molar-refractivity contribution in [3.05, 3.63) is 23.7 Å². The SMILES string of the molecule is CC1(C)CCC[C@]2(C)[C@H]3CCc4ccoc4[C@]3(C)CC[C@@H]12. The van der Waals surface area contributed by atoms with Gasteiger partial charge in [-0.1, -0.05) is 34.1 Å². The van der Waals surface area contributed by atoms with E-state index in [-0.39, 0.29) is 5.41 Å². The molecule has 0 amide bonds. The van der Waals surface area contributed by atoms with Gasteiger partial charge in [-0.3, -0.25) is 0 Å². The van der Waals surface area contributed by atoms with Crippen molar-refractivity contribution < 1.29 is 4.42 Å². The first-order valence-corrected chi connectivity index (χ1v) is 8.95. The smallest absolute Gasteiger partial charge is 0.113 e. The van der Waals surface area contributed by atoms with Crippen molar-refractivity contribution in [2.24, 2.45) is 22.7 Å². The first-order chi connectivity index (χ1) is 9.88. The van der Waals surface area contributed by atoms with Gasteiger partial charge in [0, 0.05) is 5.41 Å². The van der Waals surface area contributed by atoms with E-state index in [1.54, 1.807) is 0 Å². The van der Waals surface area contributed by atoms with Crippen molar-refractivity contribution in [3.8, 4) is 0 Å². The lowest BCUT2D eigenvalue weighted by molar-refractivity contribution is -0.114. The van der Waals surface area contributed by atoms with Gasteiger partial charge in [-0.05, 0) is 72.8 Å². The van der Waals surface area contributed by atoms with Crippen molar-refractivity contribution in [1.29, 1.82) is 0 Å². The van der Waals surface area contributed by atoms with Gasteiger partial charge in [0.05, 0.1) is 6.26 Å². The van der Waals surface area contributed by atoms with Crippen molar-refractivity contribution in [3.63, 3.8) is 0 Å². The Balaban J connectivity index is 1.80. The van der Waals surface area contributed by atoms with Gasteiger partial charge in [0.25, 0.3) is 0 Å². The lowest BCUT2D eigenvalue weighted by Gasteiger charge is -2.63. The van der Waals surface area contributed by atoms with Crippen LogP contribution in [0.3, 0.4) is 0 Å². The summed E-state index contributed by atoms with van der Waals surface area (Å²) >= 11 is 0. The fourth-order valence-corrected chi connectivity index (χ4v) is 6.90. The third-order valence-corrected chi connectivity index (χ3v) is 7.76. The third kappa shape index (κ3) is 1.69. The summed E-state index contributed by atoms with van der Waals surface area (Å²) in [5, 5.41) is 0. The van der Waals surface area contributed by atoms with Crippen LogP contribution in [0, 0.1) is 22.7 Å². The molecule has 116 valence electrons. The minimum absolute atomic E-state index is 0.287. The van der Waals surface area contributed by atoms with Crippen molar-refractivity contribution in [2.75, 3.05) is 0 Å². The molecule has 1 aromatic rings. The van der Waals surface area contributed by atoms with Crippen LogP contribution in [-0.2, 0) is 11.8 Å². The molecule has 1 heterocycles. The molecule has 0 aromatic carbocycles. The highest BCUT2D eigenvalue weighted by Crippen LogP contribution is 2.66. The Bertz CT molecular complexity index is 554. The van der Waals surface area contributed by atoms with Crippen LogP contribution in [0.4, 0.5) is 0 Å². The summed E-state index contributed by atoms with van der Waals surface area (Å²) in [5.41, 5.74) is 2.82. The quantitative estimate of drug-likeness (QED) is 0.594. The molecule has 1 nitrogen and oxygen atoms in total. The highest BCUT2D eigenvalue weighted by molar-refractivity contribution is 5.32. The molecule has 2 saturated carbocycles. The lowest BCUT2D eigenvalue weighted by atomic mass is 9.41. The van der Waals surface area contributed by atoms with E-state index in [0.717, 1.165) is 11.8 Å². The number of fused-ring (bicyclic) bond motifs is 5. The van der Waals surface area contributed by atoms with Crippen molar-refractivity contribution >= 4 is 0 Å². The molecule has 1 aromatic heterocycles. The zero-order chi connectivity index (χ0) is 14.9. The van der Waals surface area contributed by atoms with Crippen LogP contribution in [0.5, 0.6) is 0 Å². The molecule has 0 unspecified atom stereocenters. The average molecular weight is 286 g/mol. The number of furan rings is 1. The highest BCUT2D eigenvalue weighted by atomic mass is 16.3. The summed E-state index contributed by atoms with van der Waals surface area (Å²) in [6, 6.07) is 2.22. The zero-order valence-electron chi connectivity index (χ0n) is 14.2. The van der Waals surface area contributed by atoms with E-state index in [9.17, 15) is 0 Å². The average Bonchev–Trinajstić information content (AvgIpc) is 2.86. The lowest BCUT2D eigenvalue weighted by Crippen LogP contribution is -2.57. The summed E-state index contributed by atoms with van der Waals surface area (Å²) in [7, 11) is 0. The van der Waals surface area contributed by atoms with Crippen LogP contribution in [0.25, 0.3) is 0 Å². The number of hydrogen-bond acceptors (Lipinski definition) is 1. The molecule has 1 heteroatoms. The predicted molar refractivity (Wildman–Crippen MR) is 86.3 cm³/mol. The fraction of sp³-hybridized carbons (Fsp3) is 0.800. The molecule has 0 radical (unpaired) electrons. The Morgan fingerprint density at radius 3 is 2.62 bits per heavy atom. The first-order valence-electron chi connectivity index (χ1n) is 8.95. The van der Waals surface area contributed by atoms with Gasteiger partial charge < -0.3 is 4.42 Å². The summed E-state index contributed by atoms with van der Waals surface area (Å²) in [4.78, 5) is 0. The van der Waals surface area contributed by atoms with Crippen molar-refractivity contribution in [2.45, 2.75) is 78.1 Å². The molecular weight excluding hydrogens is 256 g/mol. The van der Waals surface area contributed by atoms with Crippen LogP contribution in [0.15, 0.2) is 16.7 Å². The minimum Gasteiger partial charge on any atom is -0.468 e. The molecule has 0 spiro atoms. The van der Waals surface area contributed by atoms with Crippen LogP contribution >= 0.6 is 0 Å². The molecular formula is C20H30O. The number of aryl methyl sites for hydroxylation is 1. The second-order valence-electron chi connectivity index (χ2n) is 9.22. The van der Waals surface area contributed by atoms with E-state index >= 15 is 0 Å². The Morgan fingerprint density at radius 1 is 1.00 bits per heavy atom. The largest absolute Gasteiger partial charge is 0.468 e. The highest BCUT2D eigenvalue weighted by Gasteiger charge is 2.60. The van der Waals surface area contributed by atoms with Crippen LogP contribution < -0.4 is 0 Å². The predicted octanol–water partition coefficient (Wildman–Crippen LogP) is 5.73. The zero-order valence-corrected chi connectivity index (χ0v) is 14.2. The van der Waals surface area contributed by atoms with E-state index in [2.05, 4.69) is 33.8 Å². The summed E-state index contributed by atoms with van der Waals surface area (Å²) in [5.74, 6) is 3.04. The third-order valence-electron chi connectivity index (χ3n) is 7.76. The van der Waals surface area contributed by atoms with Gasteiger partial charge in [-0.15, -0.1) is 0 Å². The van der Waals surface area contributed by atoms with Crippen LogP contribution in [0.1, 0.15) is 77.5 Å². The Labute approximate surface area is 129 Å². The second kappa shape index (κ2) is 4.18. The van der Waals surface area contributed by atoms with Gasteiger partial charge in [0.1, 0.15) is 5.76 Å². The van der Waals surface area contributed by atoms with E-state index in [1.165, 1.54) is 56.3 Å². The van der Waals surface area contributed by atoms with E-state index in [1.807, 2.05) is 6.26 Å². The van der Waals surface area contributed by atoms with E-state index in [0.29, 0.717) is 10.8 Å². The van der Waals surface area contributed by atoms with Gasteiger partial charge in [0.15, 0.2) is 0 Å². The molecule has 0 bridgehead atoms. The van der Waals surface area contributed by atoms with Crippen molar-refractivity contribution in [1.82, 2.24) is 0 Å². The Kier molecular flexibility index (Phi) is 2.77. The maximum atomic E-state index is 6.01. The maximum Gasteiger partial charge on any atom is 0.113 e. The Morgan fingerprint density at radius 2 is 1.81 bits per heavy atom. The van der Waals surface area contributed by atoms with Gasteiger partial charge >= 0.3 is 0 Å². The first kappa shape index (κ1) is 13.9.